The second kappa shape index (κ2) is 7.38. The molecule has 128 valence electrons. The lowest BCUT2D eigenvalue weighted by Gasteiger charge is -2.16. The highest BCUT2D eigenvalue weighted by atomic mass is 15.1. The zero-order valence-corrected chi connectivity index (χ0v) is 15.3. The SMILES string of the molecule is CC.Cc1nc(C(C)C)c2ncn(C(C)c3cccnc3N)c2n1. The molecule has 0 aliphatic rings. The van der Waals surface area contributed by atoms with Crippen LogP contribution < -0.4 is 5.73 Å². The van der Waals surface area contributed by atoms with Crippen molar-refractivity contribution >= 4 is 17.0 Å². The van der Waals surface area contributed by atoms with Crippen LogP contribution in [0, 0.1) is 6.92 Å². The van der Waals surface area contributed by atoms with E-state index in [0.29, 0.717) is 11.7 Å². The number of hydrogen-bond acceptors (Lipinski definition) is 5. The van der Waals surface area contributed by atoms with Crippen molar-refractivity contribution in [2.45, 2.75) is 53.5 Å². The molecule has 1 unspecified atom stereocenters. The van der Waals surface area contributed by atoms with E-state index in [9.17, 15) is 0 Å². The molecular weight excluding hydrogens is 300 g/mol. The van der Waals surface area contributed by atoms with Gasteiger partial charge >= 0.3 is 0 Å². The molecule has 3 aromatic rings. The van der Waals surface area contributed by atoms with Crippen molar-refractivity contribution in [1.29, 1.82) is 0 Å². The summed E-state index contributed by atoms with van der Waals surface area (Å²) in [4.78, 5) is 17.8. The lowest BCUT2D eigenvalue weighted by Crippen LogP contribution is -2.10. The number of rotatable bonds is 3. The highest BCUT2D eigenvalue weighted by Gasteiger charge is 2.19. The summed E-state index contributed by atoms with van der Waals surface area (Å²) in [7, 11) is 0. The Labute approximate surface area is 143 Å². The minimum Gasteiger partial charge on any atom is -0.383 e. The lowest BCUT2D eigenvalue weighted by atomic mass is 10.1. The largest absolute Gasteiger partial charge is 0.383 e. The van der Waals surface area contributed by atoms with Gasteiger partial charge in [-0.1, -0.05) is 33.8 Å². The Kier molecular flexibility index (Phi) is 5.49. The van der Waals surface area contributed by atoms with Crippen LogP contribution in [0.2, 0.25) is 0 Å². The monoisotopic (exact) mass is 326 g/mol. The molecule has 24 heavy (non-hydrogen) atoms. The summed E-state index contributed by atoms with van der Waals surface area (Å²) >= 11 is 0. The third-order valence-electron chi connectivity index (χ3n) is 3.85. The van der Waals surface area contributed by atoms with Crippen molar-refractivity contribution < 1.29 is 0 Å². The number of hydrogen-bond donors (Lipinski definition) is 1. The number of fused-ring (bicyclic) bond motifs is 1. The minimum absolute atomic E-state index is 0.00742. The molecule has 0 aliphatic heterocycles. The fourth-order valence-corrected chi connectivity index (χ4v) is 2.67. The molecule has 0 saturated heterocycles. The van der Waals surface area contributed by atoms with Crippen LogP contribution in [-0.2, 0) is 0 Å². The maximum Gasteiger partial charge on any atom is 0.164 e. The Morgan fingerprint density at radius 2 is 1.79 bits per heavy atom. The predicted octanol–water partition coefficient (Wildman–Crippen LogP) is 3.87. The van der Waals surface area contributed by atoms with Gasteiger partial charge in [-0.05, 0) is 25.8 Å². The molecular formula is C18H26N6. The maximum absolute atomic E-state index is 6.00. The molecule has 0 aromatic carbocycles. The van der Waals surface area contributed by atoms with Crippen LogP contribution in [0.1, 0.15) is 63.7 Å². The molecule has 2 N–H and O–H groups in total. The second-order valence-corrected chi connectivity index (χ2v) is 5.79. The van der Waals surface area contributed by atoms with E-state index in [1.807, 2.05) is 43.8 Å². The first-order chi connectivity index (χ1) is 11.5. The molecule has 0 fully saturated rings. The van der Waals surface area contributed by atoms with Crippen LogP contribution in [0.15, 0.2) is 24.7 Å². The Hall–Kier alpha value is -2.50. The van der Waals surface area contributed by atoms with E-state index in [4.69, 9.17) is 5.73 Å². The van der Waals surface area contributed by atoms with Crippen LogP contribution in [0.3, 0.4) is 0 Å². The summed E-state index contributed by atoms with van der Waals surface area (Å²) in [6, 6.07) is 3.88. The van der Waals surface area contributed by atoms with E-state index in [1.54, 1.807) is 6.20 Å². The van der Waals surface area contributed by atoms with Gasteiger partial charge in [0.1, 0.15) is 17.2 Å². The number of pyridine rings is 1. The van der Waals surface area contributed by atoms with Gasteiger partial charge in [0.05, 0.1) is 18.1 Å². The first-order valence-corrected chi connectivity index (χ1v) is 8.40. The molecule has 3 heterocycles. The van der Waals surface area contributed by atoms with Crippen LogP contribution in [0.25, 0.3) is 11.2 Å². The summed E-state index contributed by atoms with van der Waals surface area (Å²) in [6.45, 7) is 12.2. The molecule has 0 aliphatic carbocycles. The van der Waals surface area contributed by atoms with Gasteiger partial charge in [0.2, 0.25) is 0 Å². The fraction of sp³-hybridized carbons (Fsp3) is 0.444. The number of aryl methyl sites for hydroxylation is 1. The lowest BCUT2D eigenvalue weighted by molar-refractivity contribution is 0.650. The number of nitrogens with two attached hydrogens (primary N) is 1. The van der Waals surface area contributed by atoms with Gasteiger partial charge < -0.3 is 10.3 Å². The zero-order valence-electron chi connectivity index (χ0n) is 15.3. The topological polar surface area (TPSA) is 82.5 Å². The van der Waals surface area contributed by atoms with Gasteiger partial charge in [0.15, 0.2) is 5.65 Å². The Morgan fingerprint density at radius 1 is 1.08 bits per heavy atom. The molecule has 0 spiro atoms. The molecule has 6 nitrogen and oxygen atoms in total. The highest BCUT2D eigenvalue weighted by Crippen LogP contribution is 2.27. The number of nitrogens with zero attached hydrogens (tertiary/aromatic N) is 5. The Bertz CT molecular complexity index is 821. The number of nitrogen functional groups attached to an aromatic ring is 1. The average molecular weight is 326 g/mol. The molecule has 3 aromatic heterocycles. The Morgan fingerprint density at radius 3 is 2.42 bits per heavy atom. The minimum atomic E-state index is 0.00742. The van der Waals surface area contributed by atoms with E-state index in [-0.39, 0.29) is 6.04 Å². The third kappa shape index (κ3) is 3.22. The zero-order chi connectivity index (χ0) is 17.9. The number of anilines is 1. The first-order valence-electron chi connectivity index (χ1n) is 8.40. The number of imidazole rings is 1. The first kappa shape index (κ1) is 17.8. The van der Waals surface area contributed by atoms with Crippen LogP contribution >= 0.6 is 0 Å². The van der Waals surface area contributed by atoms with Gasteiger partial charge in [0, 0.05) is 11.8 Å². The fourth-order valence-electron chi connectivity index (χ4n) is 2.67. The third-order valence-corrected chi connectivity index (χ3v) is 3.85. The van der Waals surface area contributed by atoms with Crippen LogP contribution in [0.4, 0.5) is 5.82 Å². The van der Waals surface area contributed by atoms with Crippen LogP contribution in [-0.4, -0.2) is 24.5 Å². The van der Waals surface area contributed by atoms with E-state index in [1.165, 1.54) is 0 Å². The molecule has 3 rings (SSSR count). The van der Waals surface area contributed by atoms with E-state index in [2.05, 4.69) is 40.7 Å². The van der Waals surface area contributed by atoms with E-state index < -0.39 is 0 Å². The van der Waals surface area contributed by atoms with Crippen molar-refractivity contribution in [3.8, 4) is 0 Å². The number of aromatic nitrogens is 5. The van der Waals surface area contributed by atoms with Crippen molar-refractivity contribution in [2.24, 2.45) is 0 Å². The van der Waals surface area contributed by atoms with Crippen LogP contribution in [0.5, 0.6) is 0 Å². The average Bonchev–Trinajstić information content (AvgIpc) is 2.99. The van der Waals surface area contributed by atoms with E-state index >= 15 is 0 Å². The van der Waals surface area contributed by atoms with Gasteiger partial charge in [-0.15, -0.1) is 0 Å². The highest BCUT2D eigenvalue weighted by molar-refractivity contribution is 5.74. The quantitative estimate of drug-likeness (QED) is 0.790. The van der Waals surface area contributed by atoms with Crippen molar-refractivity contribution in [3.05, 3.63) is 41.7 Å². The van der Waals surface area contributed by atoms with Gasteiger partial charge in [0.25, 0.3) is 0 Å². The molecule has 0 amide bonds. The molecule has 0 bridgehead atoms. The van der Waals surface area contributed by atoms with Crippen molar-refractivity contribution in [2.75, 3.05) is 5.73 Å². The Balaban J connectivity index is 0.00000100. The molecule has 0 saturated carbocycles. The summed E-state index contributed by atoms with van der Waals surface area (Å²) in [6.07, 6.45) is 3.50. The summed E-state index contributed by atoms with van der Waals surface area (Å²) in [5.41, 5.74) is 9.64. The molecule has 0 radical (unpaired) electrons. The van der Waals surface area contributed by atoms with Crippen molar-refractivity contribution in [3.63, 3.8) is 0 Å². The normalized spacial score (nSPS) is 12.1. The standard InChI is InChI=1S/C16H20N6.C2H6/c1-9(2)13-14-16(21-11(4)20-13)22(8-19-14)10(3)12-6-5-7-18-15(12)17;1-2/h5-10H,1-4H3,(H2,17,18);1-2H3. The van der Waals surface area contributed by atoms with Crippen molar-refractivity contribution in [1.82, 2.24) is 24.5 Å². The van der Waals surface area contributed by atoms with E-state index in [0.717, 1.165) is 28.2 Å². The second-order valence-electron chi connectivity index (χ2n) is 5.79. The molecule has 1 atom stereocenters. The smallest absolute Gasteiger partial charge is 0.164 e. The van der Waals surface area contributed by atoms with Gasteiger partial charge in [-0.25, -0.2) is 19.9 Å². The summed E-state index contributed by atoms with van der Waals surface area (Å²) < 4.78 is 2.03. The predicted molar refractivity (Wildman–Crippen MR) is 98.0 cm³/mol. The summed E-state index contributed by atoms with van der Waals surface area (Å²) in [5, 5.41) is 0. The maximum atomic E-state index is 6.00. The van der Waals surface area contributed by atoms with Gasteiger partial charge in [-0.2, -0.15) is 0 Å². The van der Waals surface area contributed by atoms with Gasteiger partial charge in [-0.3, -0.25) is 0 Å². The summed E-state index contributed by atoms with van der Waals surface area (Å²) in [5.74, 6) is 1.59. The molecule has 6 heteroatoms.